The molecular weight excluding hydrogens is 364 g/mol. The largest absolute Gasteiger partial charge is 0.484 e. The molecule has 27 heavy (non-hydrogen) atoms. The van der Waals surface area contributed by atoms with Gasteiger partial charge < -0.3 is 10.1 Å². The number of anilines is 1. The van der Waals surface area contributed by atoms with E-state index in [-0.39, 0.29) is 25.1 Å². The Kier molecular flexibility index (Phi) is 7.24. The molecule has 0 aromatic heterocycles. The molecule has 0 bridgehead atoms. The SMILES string of the molecule is CCC(C)NC(=O)COc1ccc(N(Cc2ccccc2)S(C)(=O)=O)cc1. The Morgan fingerprint density at radius 2 is 1.74 bits per heavy atom. The summed E-state index contributed by atoms with van der Waals surface area (Å²) in [6.07, 6.45) is 2.03. The summed E-state index contributed by atoms with van der Waals surface area (Å²) >= 11 is 0. The van der Waals surface area contributed by atoms with E-state index in [1.807, 2.05) is 44.2 Å². The van der Waals surface area contributed by atoms with Gasteiger partial charge >= 0.3 is 0 Å². The van der Waals surface area contributed by atoms with Gasteiger partial charge in [-0.15, -0.1) is 0 Å². The van der Waals surface area contributed by atoms with Crippen molar-refractivity contribution in [3.63, 3.8) is 0 Å². The molecule has 1 atom stereocenters. The number of sulfonamides is 1. The van der Waals surface area contributed by atoms with E-state index >= 15 is 0 Å². The Morgan fingerprint density at radius 3 is 2.30 bits per heavy atom. The average molecular weight is 391 g/mol. The molecule has 0 aliphatic rings. The van der Waals surface area contributed by atoms with Crippen molar-refractivity contribution in [2.45, 2.75) is 32.9 Å². The van der Waals surface area contributed by atoms with Gasteiger partial charge in [0.25, 0.3) is 5.91 Å². The highest BCUT2D eigenvalue weighted by Crippen LogP contribution is 2.23. The summed E-state index contributed by atoms with van der Waals surface area (Å²) in [6, 6.07) is 16.2. The van der Waals surface area contributed by atoms with Crippen LogP contribution in [0.5, 0.6) is 5.75 Å². The molecule has 0 heterocycles. The van der Waals surface area contributed by atoms with Crippen LogP contribution in [0.15, 0.2) is 54.6 Å². The monoisotopic (exact) mass is 390 g/mol. The van der Waals surface area contributed by atoms with Crippen LogP contribution in [-0.2, 0) is 21.4 Å². The predicted molar refractivity (Wildman–Crippen MR) is 107 cm³/mol. The first-order valence-electron chi connectivity index (χ1n) is 8.83. The second-order valence-electron chi connectivity index (χ2n) is 6.41. The van der Waals surface area contributed by atoms with Crippen LogP contribution in [0.1, 0.15) is 25.8 Å². The fourth-order valence-corrected chi connectivity index (χ4v) is 3.31. The zero-order chi connectivity index (χ0) is 19.9. The lowest BCUT2D eigenvalue weighted by Crippen LogP contribution is -2.35. The summed E-state index contributed by atoms with van der Waals surface area (Å²) in [4.78, 5) is 11.8. The van der Waals surface area contributed by atoms with Gasteiger partial charge in [0.15, 0.2) is 6.61 Å². The molecule has 0 spiro atoms. The first-order valence-corrected chi connectivity index (χ1v) is 10.7. The molecule has 1 amide bonds. The van der Waals surface area contributed by atoms with Gasteiger partial charge in [0.2, 0.25) is 10.0 Å². The lowest BCUT2D eigenvalue weighted by atomic mass is 10.2. The normalized spacial score (nSPS) is 12.3. The van der Waals surface area contributed by atoms with Crippen LogP contribution in [0.25, 0.3) is 0 Å². The van der Waals surface area contributed by atoms with Gasteiger partial charge in [-0.1, -0.05) is 37.3 Å². The molecule has 146 valence electrons. The molecule has 6 nitrogen and oxygen atoms in total. The van der Waals surface area contributed by atoms with Crippen molar-refractivity contribution in [2.75, 3.05) is 17.2 Å². The van der Waals surface area contributed by atoms with Crippen LogP contribution in [-0.4, -0.2) is 33.2 Å². The van der Waals surface area contributed by atoms with Crippen molar-refractivity contribution in [1.29, 1.82) is 0 Å². The van der Waals surface area contributed by atoms with Crippen LogP contribution in [0.4, 0.5) is 5.69 Å². The minimum absolute atomic E-state index is 0.0799. The van der Waals surface area contributed by atoms with Crippen molar-refractivity contribution >= 4 is 21.6 Å². The van der Waals surface area contributed by atoms with Crippen molar-refractivity contribution in [1.82, 2.24) is 5.32 Å². The molecule has 2 rings (SSSR count). The fraction of sp³-hybridized carbons (Fsp3) is 0.350. The Balaban J connectivity index is 2.05. The second-order valence-corrected chi connectivity index (χ2v) is 8.32. The summed E-state index contributed by atoms with van der Waals surface area (Å²) in [6.45, 7) is 4.09. The highest BCUT2D eigenvalue weighted by Gasteiger charge is 2.18. The Bertz CT molecular complexity index is 836. The van der Waals surface area contributed by atoms with Crippen molar-refractivity contribution in [2.24, 2.45) is 0 Å². The fourth-order valence-electron chi connectivity index (χ4n) is 2.43. The van der Waals surface area contributed by atoms with E-state index in [0.717, 1.165) is 12.0 Å². The Hall–Kier alpha value is -2.54. The third kappa shape index (κ3) is 6.60. The Morgan fingerprint density at radius 1 is 1.11 bits per heavy atom. The van der Waals surface area contributed by atoms with Crippen LogP contribution in [0.2, 0.25) is 0 Å². The summed E-state index contributed by atoms with van der Waals surface area (Å²) < 4.78 is 31.2. The van der Waals surface area contributed by atoms with E-state index < -0.39 is 10.0 Å². The molecule has 7 heteroatoms. The first kappa shape index (κ1) is 20.8. The zero-order valence-electron chi connectivity index (χ0n) is 15.9. The van der Waals surface area contributed by atoms with Gasteiger partial charge in [-0.3, -0.25) is 9.10 Å². The molecule has 2 aromatic carbocycles. The van der Waals surface area contributed by atoms with Crippen molar-refractivity contribution < 1.29 is 17.9 Å². The van der Waals surface area contributed by atoms with Gasteiger partial charge in [-0.25, -0.2) is 8.42 Å². The number of ether oxygens (including phenoxy) is 1. The van der Waals surface area contributed by atoms with Crippen LogP contribution in [0.3, 0.4) is 0 Å². The Labute approximate surface area is 161 Å². The van der Waals surface area contributed by atoms with E-state index in [0.29, 0.717) is 11.4 Å². The number of rotatable bonds is 9. The topological polar surface area (TPSA) is 75.7 Å². The summed E-state index contributed by atoms with van der Waals surface area (Å²) in [5.74, 6) is 0.321. The molecule has 0 aliphatic carbocycles. The smallest absolute Gasteiger partial charge is 0.258 e. The van der Waals surface area contributed by atoms with Crippen molar-refractivity contribution in [3.8, 4) is 5.75 Å². The number of hydrogen-bond donors (Lipinski definition) is 1. The number of amides is 1. The van der Waals surface area contributed by atoms with Crippen molar-refractivity contribution in [3.05, 3.63) is 60.2 Å². The maximum absolute atomic E-state index is 12.2. The zero-order valence-corrected chi connectivity index (χ0v) is 16.7. The number of nitrogens with zero attached hydrogens (tertiary/aromatic N) is 1. The van der Waals surface area contributed by atoms with E-state index in [1.165, 1.54) is 10.6 Å². The average Bonchev–Trinajstić information content (AvgIpc) is 2.65. The standard InChI is InChI=1S/C20H26N2O4S/c1-4-16(2)21-20(23)15-26-19-12-10-18(11-13-19)22(27(3,24)25)14-17-8-6-5-7-9-17/h5-13,16H,4,14-15H2,1-3H3,(H,21,23). The number of carbonyl (C=O) groups excluding carboxylic acids is 1. The highest BCUT2D eigenvalue weighted by atomic mass is 32.2. The van der Waals surface area contributed by atoms with Crippen LogP contribution < -0.4 is 14.4 Å². The second kappa shape index (κ2) is 9.41. The van der Waals surface area contributed by atoms with Gasteiger partial charge in [-0.05, 0) is 43.2 Å². The van der Waals surface area contributed by atoms with E-state index in [1.54, 1.807) is 24.3 Å². The minimum Gasteiger partial charge on any atom is -0.484 e. The summed E-state index contributed by atoms with van der Waals surface area (Å²) in [5, 5.41) is 2.83. The van der Waals surface area contributed by atoms with Crippen LogP contribution >= 0.6 is 0 Å². The van der Waals surface area contributed by atoms with Crippen LogP contribution in [0, 0.1) is 0 Å². The van der Waals surface area contributed by atoms with Gasteiger partial charge in [-0.2, -0.15) is 0 Å². The lowest BCUT2D eigenvalue weighted by molar-refractivity contribution is -0.123. The first-order chi connectivity index (χ1) is 12.8. The van der Waals surface area contributed by atoms with Gasteiger partial charge in [0.05, 0.1) is 18.5 Å². The van der Waals surface area contributed by atoms with E-state index in [9.17, 15) is 13.2 Å². The minimum atomic E-state index is -3.44. The van der Waals surface area contributed by atoms with E-state index in [2.05, 4.69) is 5.32 Å². The van der Waals surface area contributed by atoms with Gasteiger partial charge in [0.1, 0.15) is 5.75 Å². The quantitative estimate of drug-likeness (QED) is 0.714. The lowest BCUT2D eigenvalue weighted by Gasteiger charge is -2.22. The number of benzene rings is 2. The molecular formula is C20H26N2O4S. The summed E-state index contributed by atoms with van der Waals surface area (Å²) in [7, 11) is -3.44. The molecule has 1 unspecified atom stereocenters. The maximum atomic E-state index is 12.2. The number of hydrogen-bond acceptors (Lipinski definition) is 4. The molecule has 0 radical (unpaired) electrons. The highest BCUT2D eigenvalue weighted by molar-refractivity contribution is 7.92. The number of nitrogens with one attached hydrogen (secondary N) is 1. The third-order valence-corrected chi connectivity index (χ3v) is 5.22. The molecule has 2 aromatic rings. The third-order valence-electron chi connectivity index (χ3n) is 4.08. The number of carbonyl (C=O) groups is 1. The summed E-state index contributed by atoms with van der Waals surface area (Å²) in [5.41, 5.74) is 1.43. The molecule has 0 aliphatic heterocycles. The molecule has 1 N–H and O–H groups in total. The predicted octanol–water partition coefficient (Wildman–Crippen LogP) is 2.95. The molecule has 0 saturated carbocycles. The molecule has 0 saturated heterocycles. The maximum Gasteiger partial charge on any atom is 0.258 e. The van der Waals surface area contributed by atoms with E-state index in [4.69, 9.17) is 4.74 Å². The molecule has 0 fully saturated rings. The van der Waals surface area contributed by atoms with Gasteiger partial charge in [0, 0.05) is 6.04 Å².